The zero-order valence-corrected chi connectivity index (χ0v) is 25.2. The number of ketones is 1. The number of carbonyl (C=O) groups excluding carboxylic acids is 2. The molecule has 1 atom stereocenters. The van der Waals surface area contributed by atoms with E-state index in [0.717, 1.165) is 22.2 Å². The minimum atomic E-state index is -0.947. The first-order valence-electron chi connectivity index (χ1n) is 13.9. The molecule has 218 valence electrons. The van der Waals surface area contributed by atoms with E-state index in [1.165, 1.54) is 16.2 Å². The van der Waals surface area contributed by atoms with Crippen molar-refractivity contribution >= 4 is 44.1 Å². The number of fused-ring (bicyclic) bond motifs is 1. The number of nitrogens with zero attached hydrogens (tertiary/aromatic N) is 2. The van der Waals surface area contributed by atoms with Crippen molar-refractivity contribution in [2.24, 2.45) is 5.92 Å². The molecule has 0 bridgehead atoms. The van der Waals surface area contributed by atoms with Crippen molar-refractivity contribution < 1.29 is 28.9 Å². The van der Waals surface area contributed by atoms with Crippen LogP contribution >= 0.6 is 11.3 Å². The summed E-state index contributed by atoms with van der Waals surface area (Å²) in [5, 5.41) is 11.9. The summed E-state index contributed by atoms with van der Waals surface area (Å²) in [4.78, 5) is 33.4. The molecular weight excluding hydrogens is 552 g/mol. The Morgan fingerprint density at radius 2 is 1.79 bits per heavy atom. The van der Waals surface area contributed by atoms with Gasteiger partial charge in [-0.05, 0) is 85.8 Å². The minimum Gasteiger partial charge on any atom is -0.507 e. The Morgan fingerprint density at radius 1 is 1.02 bits per heavy atom. The number of methoxy groups -OCH3 is 1. The van der Waals surface area contributed by atoms with E-state index in [9.17, 15) is 14.7 Å². The van der Waals surface area contributed by atoms with Crippen LogP contribution < -0.4 is 19.1 Å². The van der Waals surface area contributed by atoms with Crippen LogP contribution in [0.1, 0.15) is 49.9 Å². The molecule has 1 unspecified atom stereocenters. The fourth-order valence-corrected chi connectivity index (χ4v) is 5.95. The molecule has 1 aliphatic heterocycles. The maximum Gasteiger partial charge on any atom is 0.301 e. The molecule has 1 aliphatic rings. The van der Waals surface area contributed by atoms with Crippen LogP contribution in [0.2, 0.25) is 0 Å². The monoisotopic (exact) mass is 586 g/mol. The largest absolute Gasteiger partial charge is 0.507 e. The standard InChI is InChI=1S/C33H34N2O6S/c1-6-40-26-18-22(10-14-25(26)41-16-15-19(2)3)29-28(30(36)21-8-11-23(39-5)12-9-21)31(37)32(38)35(29)33-34-24-13-7-20(4)17-27(24)42-33/h7-14,17-19,29,36H,6,15-16H2,1-5H3/b30-28+. The molecule has 0 spiro atoms. The Bertz CT molecular complexity index is 1660. The van der Waals surface area contributed by atoms with Crippen LogP contribution in [0.3, 0.4) is 0 Å². The molecule has 1 fully saturated rings. The first kappa shape index (κ1) is 29.1. The van der Waals surface area contributed by atoms with Gasteiger partial charge in [0.05, 0.1) is 42.2 Å². The van der Waals surface area contributed by atoms with E-state index < -0.39 is 17.7 Å². The summed E-state index contributed by atoms with van der Waals surface area (Å²) in [7, 11) is 1.55. The van der Waals surface area contributed by atoms with Crippen molar-refractivity contribution in [3.63, 3.8) is 0 Å². The highest BCUT2D eigenvalue weighted by Gasteiger charge is 2.48. The summed E-state index contributed by atoms with van der Waals surface area (Å²) in [6.45, 7) is 9.05. The first-order chi connectivity index (χ1) is 20.2. The van der Waals surface area contributed by atoms with Crippen LogP contribution in [0.5, 0.6) is 17.2 Å². The SMILES string of the molecule is CCOc1cc(C2/C(=C(\O)c3ccc(OC)cc3)C(=O)C(=O)N2c2nc3ccc(C)cc3s2)ccc1OCCC(C)C. The molecule has 1 saturated heterocycles. The third kappa shape index (κ3) is 5.69. The van der Waals surface area contributed by atoms with Gasteiger partial charge in [0.15, 0.2) is 16.6 Å². The summed E-state index contributed by atoms with van der Waals surface area (Å²) >= 11 is 1.32. The number of hydrogen-bond donors (Lipinski definition) is 1. The second-order valence-corrected chi connectivity index (χ2v) is 11.5. The van der Waals surface area contributed by atoms with Crippen LogP contribution in [0, 0.1) is 12.8 Å². The highest BCUT2D eigenvalue weighted by molar-refractivity contribution is 7.22. The smallest absolute Gasteiger partial charge is 0.301 e. The molecule has 1 aromatic heterocycles. The van der Waals surface area contributed by atoms with E-state index in [4.69, 9.17) is 19.2 Å². The summed E-state index contributed by atoms with van der Waals surface area (Å²) in [5.74, 6) is 0.311. The lowest BCUT2D eigenvalue weighted by molar-refractivity contribution is -0.132. The number of aliphatic hydroxyl groups is 1. The summed E-state index contributed by atoms with van der Waals surface area (Å²) in [6, 6.07) is 16.9. The number of hydrogen-bond acceptors (Lipinski definition) is 8. The summed E-state index contributed by atoms with van der Waals surface area (Å²) in [5.41, 5.74) is 2.72. The average molecular weight is 587 g/mol. The van der Waals surface area contributed by atoms with Gasteiger partial charge in [0.2, 0.25) is 0 Å². The lowest BCUT2D eigenvalue weighted by atomic mass is 9.95. The maximum atomic E-state index is 13.7. The van der Waals surface area contributed by atoms with Crippen molar-refractivity contribution in [1.82, 2.24) is 4.98 Å². The fraction of sp³-hybridized carbons (Fsp3) is 0.303. The van der Waals surface area contributed by atoms with Gasteiger partial charge in [0.25, 0.3) is 5.78 Å². The van der Waals surface area contributed by atoms with Crippen LogP contribution in [-0.2, 0) is 9.59 Å². The Hall–Kier alpha value is -4.37. The molecule has 9 heteroatoms. The lowest BCUT2D eigenvalue weighted by Gasteiger charge is -2.24. The van der Waals surface area contributed by atoms with Crippen molar-refractivity contribution in [3.05, 3.63) is 82.9 Å². The van der Waals surface area contributed by atoms with E-state index in [1.54, 1.807) is 49.6 Å². The zero-order valence-electron chi connectivity index (χ0n) is 24.3. The third-order valence-corrected chi connectivity index (χ3v) is 8.10. The van der Waals surface area contributed by atoms with Gasteiger partial charge in [-0.25, -0.2) is 4.98 Å². The molecular formula is C33H34N2O6S. The molecule has 8 nitrogen and oxygen atoms in total. The molecule has 1 N–H and O–H groups in total. The predicted octanol–water partition coefficient (Wildman–Crippen LogP) is 7.06. The Kier molecular flexibility index (Phi) is 8.49. The molecule has 42 heavy (non-hydrogen) atoms. The molecule has 4 aromatic rings. The van der Waals surface area contributed by atoms with Crippen molar-refractivity contribution in [1.29, 1.82) is 0 Å². The number of ether oxygens (including phenoxy) is 3. The third-order valence-electron chi connectivity index (χ3n) is 7.08. The molecule has 0 radical (unpaired) electrons. The van der Waals surface area contributed by atoms with Gasteiger partial charge >= 0.3 is 5.91 Å². The van der Waals surface area contributed by atoms with Crippen LogP contribution in [-0.4, -0.2) is 42.1 Å². The van der Waals surface area contributed by atoms with E-state index in [-0.39, 0.29) is 11.3 Å². The van der Waals surface area contributed by atoms with E-state index in [1.807, 2.05) is 32.0 Å². The predicted molar refractivity (Wildman–Crippen MR) is 165 cm³/mol. The maximum absolute atomic E-state index is 13.7. The number of aliphatic hydroxyl groups excluding tert-OH is 1. The molecule has 0 saturated carbocycles. The highest BCUT2D eigenvalue weighted by Crippen LogP contribution is 2.46. The van der Waals surface area contributed by atoms with Gasteiger partial charge in [0, 0.05) is 5.56 Å². The van der Waals surface area contributed by atoms with Gasteiger partial charge in [-0.15, -0.1) is 0 Å². The Morgan fingerprint density at radius 3 is 2.48 bits per heavy atom. The zero-order chi connectivity index (χ0) is 30.0. The quantitative estimate of drug-likeness (QED) is 0.121. The normalized spacial score (nSPS) is 16.4. The van der Waals surface area contributed by atoms with Crippen LogP contribution in [0.15, 0.2) is 66.2 Å². The number of carbonyl (C=O) groups is 2. The van der Waals surface area contributed by atoms with Gasteiger partial charge < -0.3 is 19.3 Å². The summed E-state index contributed by atoms with van der Waals surface area (Å²) < 4.78 is 18.1. The molecule has 0 aliphatic carbocycles. The number of thiazole rings is 1. The number of anilines is 1. The average Bonchev–Trinajstić information content (AvgIpc) is 3.50. The van der Waals surface area contributed by atoms with E-state index >= 15 is 0 Å². The molecule has 3 aromatic carbocycles. The number of rotatable bonds is 10. The van der Waals surface area contributed by atoms with E-state index in [2.05, 4.69) is 13.8 Å². The van der Waals surface area contributed by atoms with Gasteiger partial charge in [0.1, 0.15) is 11.5 Å². The van der Waals surface area contributed by atoms with Gasteiger partial charge in [-0.2, -0.15) is 0 Å². The van der Waals surface area contributed by atoms with Crippen molar-refractivity contribution in [3.8, 4) is 17.2 Å². The minimum absolute atomic E-state index is 0.0310. The number of aromatic nitrogens is 1. The highest BCUT2D eigenvalue weighted by atomic mass is 32.1. The number of aryl methyl sites for hydroxylation is 1. The fourth-order valence-electron chi connectivity index (χ4n) is 4.86. The Labute approximate surface area is 249 Å². The molecule has 1 amide bonds. The number of benzene rings is 3. The topological polar surface area (TPSA) is 98.2 Å². The van der Waals surface area contributed by atoms with Gasteiger partial charge in [-0.1, -0.05) is 37.3 Å². The lowest BCUT2D eigenvalue weighted by Crippen LogP contribution is -2.29. The van der Waals surface area contributed by atoms with Crippen molar-refractivity contribution in [2.45, 2.75) is 40.2 Å². The van der Waals surface area contributed by atoms with Gasteiger partial charge in [-0.3, -0.25) is 14.5 Å². The van der Waals surface area contributed by atoms with Crippen molar-refractivity contribution in [2.75, 3.05) is 25.2 Å². The number of Topliss-reactive ketones (excluding diaryl/α,β-unsaturated/α-hetero) is 1. The van der Waals surface area contributed by atoms with Crippen LogP contribution in [0.4, 0.5) is 5.13 Å². The number of amides is 1. The second-order valence-electron chi connectivity index (χ2n) is 10.5. The molecule has 2 heterocycles. The van der Waals surface area contributed by atoms with E-state index in [0.29, 0.717) is 52.6 Å². The first-order valence-corrected chi connectivity index (χ1v) is 14.8. The molecule has 5 rings (SSSR count). The Balaban J connectivity index is 1.67. The summed E-state index contributed by atoms with van der Waals surface area (Å²) in [6.07, 6.45) is 0.881. The van der Waals surface area contributed by atoms with Crippen LogP contribution in [0.25, 0.3) is 16.0 Å². The second kappa shape index (κ2) is 12.2.